The maximum absolute atomic E-state index is 13.5. The van der Waals surface area contributed by atoms with Crippen molar-refractivity contribution in [2.24, 2.45) is 0 Å². The Hall–Kier alpha value is -3.14. The molecule has 0 aliphatic heterocycles. The van der Waals surface area contributed by atoms with Crippen LogP contribution in [-0.4, -0.2) is 54.7 Å². The molecule has 0 radical (unpaired) electrons. The summed E-state index contributed by atoms with van der Waals surface area (Å²) in [6, 6.07) is 11.8. The molecule has 0 amide bonds. The Morgan fingerprint density at radius 2 is 1.85 bits per heavy atom. The van der Waals surface area contributed by atoms with Gasteiger partial charge in [-0.1, -0.05) is 17.7 Å². The summed E-state index contributed by atoms with van der Waals surface area (Å²) in [6.07, 6.45) is 4.70. The number of aromatic nitrogens is 3. The first kappa shape index (κ1) is 24.0. The number of halogens is 2. The number of sulfone groups is 1. The van der Waals surface area contributed by atoms with Crippen LogP contribution >= 0.6 is 11.6 Å². The molecule has 0 spiro atoms. The third kappa shape index (κ3) is 5.85. The van der Waals surface area contributed by atoms with Gasteiger partial charge in [0.2, 0.25) is 0 Å². The first-order valence-electron chi connectivity index (χ1n) is 10.5. The van der Waals surface area contributed by atoms with Crippen LogP contribution in [0.25, 0.3) is 22.0 Å². The standard InChI is InChI=1S/C24H23ClFN5O2S/c1-31(2)7-8-34(32,33)14-16-9-18(13-27-12-16)17-3-6-23-20(10-17)24(29-15-28-23)30-19-4-5-22(26)21(25)11-19/h3-6,9-13,15H,7-8,14H2,1-2H3,(H,28,29,30). The minimum absolute atomic E-state index is 0.00692. The summed E-state index contributed by atoms with van der Waals surface area (Å²) in [5, 5.41) is 3.91. The smallest absolute Gasteiger partial charge is 0.155 e. The molecule has 1 N–H and O–H groups in total. The van der Waals surface area contributed by atoms with Crippen LogP contribution in [0.3, 0.4) is 0 Å². The largest absolute Gasteiger partial charge is 0.340 e. The van der Waals surface area contributed by atoms with E-state index in [2.05, 4.69) is 20.3 Å². The fraction of sp³-hybridized carbons (Fsp3) is 0.208. The van der Waals surface area contributed by atoms with E-state index in [0.29, 0.717) is 29.1 Å². The highest BCUT2D eigenvalue weighted by Gasteiger charge is 2.14. The molecule has 0 atom stereocenters. The van der Waals surface area contributed by atoms with Gasteiger partial charge in [0, 0.05) is 35.6 Å². The highest BCUT2D eigenvalue weighted by atomic mass is 35.5. The lowest BCUT2D eigenvalue weighted by Crippen LogP contribution is -2.22. The van der Waals surface area contributed by atoms with Crippen molar-refractivity contribution in [1.82, 2.24) is 19.9 Å². The van der Waals surface area contributed by atoms with E-state index < -0.39 is 15.7 Å². The number of fused-ring (bicyclic) bond motifs is 1. The lowest BCUT2D eigenvalue weighted by molar-refractivity contribution is 0.432. The number of anilines is 2. The Morgan fingerprint density at radius 1 is 1.03 bits per heavy atom. The molecule has 34 heavy (non-hydrogen) atoms. The first-order chi connectivity index (χ1) is 16.2. The molecule has 7 nitrogen and oxygen atoms in total. The zero-order valence-corrected chi connectivity index (χ0v) is 20.2. The average Bonchev–Trinajstić information content (AvgIpc) is 2.80. The predicted octanol–water partition coefficient (Wildman–Crippen LogP) is 4.70. The van der Waals surface area contributed by atoms with Gasteiger partial charge < -0.3 is 10.2 Å². The monoisotopic (exact) mass is 499 g/mol. The number of rotatable bonds is 8. The minimum atomic E-state index is -3.26. The second-order valence-electron chi connectivity index (χ2n) is 8.19. The number of benzene rings is 2. The molecule has 0 aliphatic carbocycles. The van der Waals surface area contributed by atoms with Crippen LogP contribution in [0, 0.1) is 5.82 Å². The van der Waals surface area contributed by atoms with Crippen LogP contribution in [0.5, 0.6) is 0 Å². The molecule has 0 saturated heterocycles. The summed E-state index contributed by atoms with van der Waals surface area (Å²) in [5.41, 5.74) is 3.54. The zero-order chi connectivity index (χ0) is 24.3. The van der Waals surface area contributed by atoms with Gasteiger partial charge in [0.05, 0.1) is 22.0 Å². The highest BCUT2D eigenvalue weighted by molar-refractivity contribution is 7.90. The SMILES string of the molecule is CN(C)CCS(=O)(=O)Cc1cncc(-c2ccc3ncnc(Nc4ccc(F)c(Cl)c4)c3c2)c1. The number of nitrogens with zero attached hydrogens (tertiary/aromatic N) is 4. The molecule has 0 aliphatic rings. The summed E-state index contributed by atoms with van der Waals surface area (Å²) < 4.78 is 38.5. The van der Waals surface area contributed by atoms with Crippen molar-refractivity contribution < 1.29 is 12.8 Å². The van der Waals surface area contributed by atoms with Crippen LogP contribution in [-0.2, 0) is 15.6 Å². The maximum atomic E-state index is 13.5. The van der Waals surface area contributed by atoms with Gasteiger partial charge in [-0.3, -0.25) is 4.98 Å². The molecule has 2 aromatic carbocycles. The van der Waals surface area contributed by atoms with Crippen molar-refractivity contribution >= 4 is 43.8 Å². The minimum Gasteiger partial charge on any atom is -0.340 e. The molecule has 4 aromatic rings. The topological polar surface area (TPSA) is 88.1 Å². The number of pyridine rings is 1. The number of nitrogens with one attached hydrogen (secondary N) is 1. The predicted molar refractivity (Wildman–Crippen MR) is 134 cm³/mol. The summed E-state index contributed by atoms with van der Waals surface area (Å²) >= 11 is 5.90. The fourth-order valence-corrected chi connectivity index (χ4v) is 5.05. The summed E-state index contributed by atoms with van der Waals surface area (Å²) in [7, 11) is 0.424. The summed E-state index contributed by atoms with van der Waals surface area (Å²) in [4.78, 5) is 14.7. The fourth-order valence-electron chi connectivity index (χ4n) is 3.42. The molecule has 0 bridgehead atoms. The average molecular weight is 500 g/mol. The van der Waals surface area contributed by atoms with E-state index in [4.69, 9.17) is 11.6 Å². The van der Waals surface area contributed by atoms with Gasteiger partial charge in [0.15, 0.2) is 9.84 Å². The third-order valence-corrected chi connectivity index (χ3v) is 7.05. The van der Waals surface area contributed by atoms with E-state index in [1.54, 1.807) is 18.5 Å². The summed E-state index contributed by atoms with van der Waals surface area (Å²) in [6.45, 7) is 0.467. The normalized spacial score (nSPS) is 11.8. The first-order valence-corrected chi connectivity index (χ1v) is 12.7. The molecule has 2 heterocycles. The lowest BCUT2D eigenvalue weighted by Gasteiger charge is -2.12. The van der Waals surface area contributed by atoms with Gasteiger partial charge in [-0.25, -0.2) is 22.8 Å². The van der Waals surface area contributed by atoms with Gasteiger partial charge in [-0.05, 0) is 61.6 Å². The Balaban J connectivity index is 1.64. The van der Waals surface area contributed by atoms with Crippen LogP contribution in [0.1, 0.15) is 5.56 Å². The van der Waals surface area contributed by atoms with Crippen LogP contribution < -0.4 is 5.32 Å². The molecule has 2 aromatic heterocycles. The van der Waals surface area contributed by atoms with E-state index in [1.807, 2.05) is 43.3 Å². The van der Waals surface area contributed by atoms with Crippen molar-refractivity contribution in [2.75, 3.05) is 31.7 Å². The Morgan fingerprint density at radius 3 is 2.62 bits per heavy atom. The number of hydrogen-bond acceptors (Lipinski definition) is 7. The summed E-state index contributed by atoms with van der Waals surface area (Å²) in [5.74, 6) is 0.0410. The van der Waals surface area contributed by atoms with Gasteiger partial charge in [-0.15, -0.1) is 0 Å². The van der Waals surface area contributed by atoms with E-state index in [1.165, 1.54) is 18.5 Å². The van der Waals surface area contributed by atoms with E-state index in [-0.39, 0.29) is 16.5 Å². The van der Waals surface area contributed by atoms with E-state index in [9.17, 15) is 12.8 Å². The molecule has 4 rings (SSSR count). The van der Waals surface area contributed by atoms with Crippen molar-refractivity contribution in [3.63, 3.8) is 0 Å². The second kappa shape index (κ2) is 10.0. The number of hydrogen-bond donors (Lipinski definition) is 1. The van der Waals surface area contributed by atoms with Crippen LogP contribution in [0.15, 0.2) is 61.2 Å². The lowest BCUT2D eigenvalue weighted by atomic mass is 10.0. The molecular formula is C24H23ClFN5O2S. The van der Waals surface area contributed by atoms with Crippen molar-refractivity contribution in [2.45, 2.75) is 5.75 Å². The third-order valence-electron chi connectivity index (χ3n) is 5.18. The maximum Gasteiger partial charge on any atom is 0.155 e. The zero-order valence-electron chi connectivity index (χ0n) is 18.7. The molecular weight excluding hydrogens is 477 g/mol. The van der Waals surface area contributed by atoms with Crippen LogP contribution in [0.4, 0.5) is 15.9 Å². The highest BCUT2D eigenvalue weighted by Crippen LogP contribution is 2.30. The van der Waals surface area contributed by atoms with E-state index >= 15 is 0 Å². The van der Waals surface area contributed by atoms with E-state index in [0.717, 1.165) is 16.5 Å². The van der Waals surface area contributed by atoms with Gasteiger partial charge in [0.1, 0.15) is 18.0 Å². The Kier molecular flexibility index (Phi) is 7.06. The van der Waals surface area contributed by atoms with Crippen molar-refractivity contribution in [3.8, 4) is 11.1 Å². The van der Waals surface area contributed by atoms with Gasteiger partial charge in [0.25, 0.3) is 0 Å². The molecule has 0 saturated carbocycles. The Bertz CT molecular complexity index is 1450. The molecule has 10 heteroatoms. The molecule has 176 valence electrons. The molecule has 0 fully saturated rings. The second-order valence-corrected chi connectivity index (χ2v) is 10.8. The van der Waals surface area contributed by atoms with Gasteiger partial charge in [-0.2, -0.15) is 0 Å². The Labute approximate surface area is 202 Å². The van der Waals surface area contributed by atoms with Crippen molar-refractivity contribution in [1.29, 1.82) is 0 Å². The molecule has 0 unspecified atom stereocenters. The quantitative estimate of drug-likeness (QED) is 0.375. The van der Waals surface area contributed by atoms with Gasteiger partial charge >= 0.3 is 0 Å². The van der Waals surface area contributed by atoms with Crippen LogP contribution in [0.2, 0.25) is 5.02 Å². The van der Waals surface area contributed by atoms with Crippen molar-refractivity contribution in [3.05, 3.63) is 77.6 Å².